The van der Waals surface area contributed by atoms with Crippen LogP contribution < -0.4 is 16.4 Å². The lowest BCUT2D eigenvalue weighted by Crippen LogP contribution is -2.49. The van der Waals surface area contributed by atoms with Crippen LogP contribution in [-0.2, 0) is 0 Å². The number of hydrogen-bond donors (Lipinski definition) is 5. The van der Waals surface area contributed by atoms with Crippen molar-refractivity contribution in [3.63, 3.8) is 0 Å². The highest BCUT2D eigenvalue weighted by molar-refractivity contribution is 7.19. The zero-order valence-corrected chi connectivity index (χ0v) is 19.7. The molecule has 1 aliphatic rings. The van der Waals surface area contributed by atoms with Crippen LogP contribution in [0.1, 0.15) is 24.2 Å². The molecule has 3 aromatic rings. The number of carbonyl (C=O) groups excluding carboxylic acids is 1. The summed E-state index contributed by atoms with van der Waals surface area (Å²) in [6, 6.07) is 10.7. The minimum Gasteiger partial charge on any atom is -0.377 e. The summed E-state index contributed by atoms with van der Waals surface area (Å²) in [5.41, 5.74) is 7.39. The van der Waals surface area contributed by atoms with Gasteiger partial charge >= 0.3 is 0 Å². The van der Waals surface area contributed by atoms with Crippen LogP contribution >= 0.6 is 22.9 Å². The van der Waals surface area contributed by atoms with Crippen molar-refractivity contribution in [3.05, 3.63) is 52.5 Å². The van der Waals surface area contributed by atoms with Crippen molar-refractivity contribution >= 4 is 34.8 Å². The minimum absolute atomic E-state index is 0.396. The van der Waals surface area contributed by atoms with E-state index >= 15 is 0 Å². The van der Waals surface area contributed by atoms with E-state index in [0.29, 0.717) is 34.6 Å². The summed E-state index contributed by atoms with van der Waals surface area (Å²) in [6.45, 7) is 4.59. The van der Waals surface area contributed by atoms with Gasteiger partial charge in [0.2, 0.25) is 11.9 Å². The quantitative estimate of drug-likeness (QED) is 0.342. The zero-order chi connectivity index (χ0) is 23.8. The Morgan fingerprint density at radius 1 is 1.33 bits per heavy atom. The molecule has 1 saturated heterocycles. The Hall–Kier alpha value is -2.60. The number of hydrogen-bond acceptors (Lipinski definition) is 9. The van der Waals surface area contributed by atoms with E-state index in [1.807, 2.05) is 26.0 Å². The van der Waals surface area contributed by atoms with Crippen LogP contribution in [0.25, 0.3) is 21.7 Å². The van der Waals surface area contributed by atoms with Gasteiger partial charge in [-0.25, -0.2) is 9.97 Å². The molecule has 2 aromatic heterocycles. The smallest absolute Gasteiger partial charge is 0.248 e. The van der Waals surface area contributed by atoms with Gasteiger partial charge < -0.3 is 21.3 Å². The van der Waals surface area contributed by atoms with Crippen LogP contribution in [0, 0.1) is 0 Å². The predicted molar refractivity (Wildman–Crippen MR) is 129 cm³/mol. The van der Waals surface area contributed by atoms with Gasteiger partial charge in [0.1, 0.15) is 6.23 Å². The van der Waals surface area contributed by atoms with Gasteiger partial charge in [0.25, 0.3) is 0 Å². The first-order valence-electron chi connectivity index (χ1n) is 10.3. The number of nitrogens with zero attached hydrogens (tertiary/aromatic N) is 3. The monoisotopic (exact) mass is 488 g/mol. The molecule has 0 spiro atoms. The summed E-state index contributed by atoms with van der Waals surface area (Å²) >= 11 is 7.56. The zero-order valence-electron chi connectivity index (χ0n) is 18.1. The molecule has 1 aliphatic heterocycles. The summed E-state index contributed by atoms with van der Waals surface area (Å²) in [5, 5.41) is 26.1. The number of rotatable bonds is 7. The SMILES string of the molecule is CC1(C)C(O)NC(O)N1CCNc1ncc(-c2cccc(C(N)=O)c2)c(-c2ccc(Cl)s2)n1. The Morgan fingerprint density at radius 2 is 2.12 bits per heavy atom. The molecule has 33 heavy (non-hydrogen) atoms. The number of thiophene rings is 1. The Kier molecular flexibility index (Phi) is 6.66. The van der Waals surface area contributed by atoms with E-state index in [4.69, 9.17) is 22.3 Å². The Morgan fingerprint density at radius 3 is 2.76 bits per heavy atom. The second-order valence-corrected chi connectivity index (χ2v) is 9.94. The van der Waals surface area contributed by atoms with E-state index in [1.54, 1.807) is 35.4 Å². The van der Waals surface area contributed by atoms with E-state index < -0.39 is 24.0 Å². The highest BCUT2D eigenvalue weighted by atomic mass is 35.5. The number of amides is 1. The number of benzene rings is 1. The van der Waals surface area contributed by atoms with E-state index in [-0.39, 0.29) is 0 Å². The molecule has 1 amide bonds. The Labute approximate surface area is 200 Å². The fourth-order valence-corrected chi connectivity index (χ4v) is 4.80. The highest BCUT2D eigenvalue weighted by Gasteiger charge is 2.45. The molecule has 3 heterocycles. The van der Waals surface area contributed by atoms with Crippen molar-refractivity contribution in [2.45, 2.75) is 32.0 Å². The molecular formula is C22H25ClN6O3S. The number of nitrogens with one attached hydrogen (secondary N) is 2. The molecule has 174 valence electrons. The van der Waals surface area contributed by atoms with Gasteiger partial charge in [0.15, 0.2) is 6.35 Å². The standard InChI is InChI=1S/C22H25ClN6O3S/c1-22(2)19(31)28-21(32)29(22)9-8-25-20-26-11-14(12-4-3-5-13(10-12)18(24)30)17(27-20)15-6-7-16(23)33-15/h3-7,10-11,19,21,28,31-32H,8-9H2,1-2H3,(H2,24,30)(H,25,26,27). The first-order valence-corrected chi connectivity index (χ1v) is 11.5. The predicted octanol–water partition coefficient (Wildman–Crippen LogP) is 2.31. The van der Waals surface area contributed by atoms with Crippen molar-refractivity contribution in [1.29, 1.82) is 0 Å². The average Bonchev–Trinajstić information content (AvgIpc) is 3.29. The van der Waals surface area contributed by atoms with E-state index in [0.717, 1.165) is 16.0 Å². The Bertz CT molecular complexity index is 1170. The molecule has 4 rings (SSSR count). The van der Waals surface area contributed by atoms with Crippen LogP contribution in [0.15, 0.2) is 42.6 Å². The van der Waals surface area contributed by atoms with E-state index in [1.165, 1.54) is 11.3 Å². The molecule has 2 atom stereocenters. The summed E-state index contributed by atoms with van der Waals surface area (Å²) in [7, 11) is 0. The molecule has 1 aromatic carbocycles. The second-order valence-electron chi connectivity index (χ2n) is 8.22. The van der Waals surface area contributed by atoms with Gasteiger partial charge in [-0.3, -0.25) is 15.0 Å². The van der Waals surface area contributed by atoms with Gasteiger partial charge in [-0.05, 0) is 43.7 Å². The lowest BCUT2D eigenvalue weighted by molar-refractivity contribution is -0.0191. The number of halogens is 1. The van der Waals surface area contributed by atoms with Crippen molar-refractivity contribution in [2.75, 3.05) is 18.4 Å². The van der Waals surface area contributed by atoms with Gasteiger partial charge in [0, 0.05) is 30.4 Å². The molecule has 1 fully saturated rings. The maximum Gasteiger partial charge on any atom is 0.248 e. The first kappa shape index (κ1) is 23.6. The first-order chi connectivity index (χ1) is 15.7. The van der Waals surface area contributed by atoms with Crippen LogP contribution in [0.5, 0.6) is 0 Å². The van der Waals surface area contributed by atoms with E-state index in [9.17, 15) is 15.0 Å². The molecule has 9 nitrogen and oxygen atoms in total. The third kappa shape index (κ3) is 4.86. The Balaban J connectivity index is 1.60. The van der Waals surface area contributed by atoms with Crippen molar-refractivity contribution in [1.82, 2.24) is 20.2 Å². The summed E-state index contributed by atoms with van der Waals surface area (Å²) in [6.07, 6.45) is -0.0888. The molecule has 6 N–H and O–H groups in total. The third-order valence-corrected chi connectivity index (χ3v) is 6.94. The van der Waals surface area contributed by atoms with Gasteiger partial charge in [-0.1, -0.05) is 23.7 Å². The molecule has 2 unspecified atom stereocenters. The number of nitrogens with two attached hydrogens (primary N) is 1. The number of carbonyl (C=O) groups is 1. The number of anilines is 1. The second kappa shape index (κ2) is 9.34. The number of aromatic nitrogens is 2. The fraction of sp³-hybridized carbons (Fsp3) is 0.318. The topological polar surface area (TPSA) is 137 Å². The van der Waals surface area contributed by atoms with Crippen LogP contribution in [-0.4, -0.2) is 62.2 Å². The lowest BCUT2D eigenvalue weighted by atomic mass is 10.0. The molecular weight excluding hydrogens is 464 g/mol. The van der Waals surface area contributed by atoms with Crippen LogP contribution in [0.2, 0.25) is 4.34 Å². The van der Waals surface area contributed by atoms with Crippen LogP contribution in [0.3, 0.4) is 0 Å². The van der Waals surface area contributed by atoms with Crippen molar-refractivity contribution in [2.24, 2.45) is 5.73 Å². The van der Waals surface area contributed by atoms with Crippen LogP contribution in [0.4, 0.5) is 5.95 Å². The normalized spacial score (nSPS) is 20.2. The maximum atomic E-state index is 11.6. The van der Waals surface area contributed by atoms with E-state index in [2.05, 4.69) is 15.6 Å². The molecule has 0 bridgehead atoms. The molecule has 0 saturated carbocycles. The van der Waals surface area contributed by atoms with Gasteiger partial charge in [0.05, 0.1) is 20.4 Å². The average molecular weight is 489 g/mol. The highest BCUT2D eigenvalue weighted by Crippen LogP contribution is 2.36. The largest absolute Gasteiger partial charge is 0.377 e. The summed E-state index contributed by atoms with van der Waals surface area (Å²) in [5.74, 6) is -0.104. The number of aliphatic hydroxyl groups excluding tert-OH is 2. The fourth-order valence-electron chi connectivity index (χ4n) is 3.75. The minimum atomic E-state index is -0.943. The number of primary amides is 1. The summed E-state index contributed by atoms with van der Waals surface area (Å²) < 4.78 is 0.631. The van der Waals surface area contributed by atoms with Gasteiger partial charge in [-0.15, -0.1) is 11.3 Å². The van der Waals surface area contributed by atoms with Gasteiger partial charge in [-0.2, -0.15) is 0 Å². The van der Waals surface area contributed by atoms with Crippen molar-refractivity contribution in [3.8, 4) is 21.7 Å². The van der Waals surface area contributed by atoms with Crippen molar-refractivity contribution < 1.29 is 15.0 Å². The maximum absolute atomic E-state index is 11.6. The third-order valence-electron chi connectivity index (χ3n) is 5.70. The molecule has 11 heteroatoms. The number of aliphatic hydroxyl groups is 2. The molecule has 0 aliphatic carbocycles. The summed E-state index contributed by atoms with van der Waals surface area (Å²) in [4.78, 5) is 23.4. The lowest BCUT2D eigenvalue weighted by Gasteiger charge is -2.33. The molecule has 0 radical (unpaired) electrons.